The first-order valence-corrected chi connectivity index (χ1v) is 5.75. The van der Waals surface area contributed by atoms with Crippen LogP contribution in [0.15, 0.2) is 18.2 Å². The lowest BCUT2D eigenvalue weighted by molar-refractivity contribution is 0.589. The van der Waals surface area contributed by atoms with Crippen molar-refractivity contribution in [3.05, 3.63) is 24.0 Å². The molecule has 0 saturated carbocycles. The third-order valence-corrected chi connectivity index (χ3v) is 2.75. The van der Waals surface area contributed by atoms with E-state index in [1.165, 1.54) is 6.07 Å². The summed E-state index contributed by atoms with van der Waals surface area (Å²) in [5.41, 5.74) is 5.62. The summed E-state index contributed by atoms with van der Waals surface area (Å²) >= 11 is 0. The fourth-order valence-corrected chi connectivity index (χ4v) is 1.93. The minimum atomic E-state index is -3.62. The first kappa shape index (κ1) is 11.7. The Labute approximate surface area is 87.7 Å². The van der Waals surface area contributed by atoms with Gasteiger partial charge in [-0.1, -0.05) is 6.92 Å². The molecule has 0 radical (unpaired) electrons. The molecule has 0 aliphatic heterocycles. The second-order valence-electron chi connectivity index (χ2n) is 2.83. The Kier molecular flexibility index (Phi) is 3.48. The smallest absolute Gasteiger partial charge is 0.299 e. The van der Waals surface area contributed by atoms with Gasteiger partial charge in [0.1, 0.15) is 5.82 Å². The van der Waals surface area contributed by atoms with Gasteiger partial charge in [0.2, 0.25) is 0 Å². The van der Waals surface area contributed by atoms with Gasteiger partial charge in [0.25, 0.3) is 10.2 Å². The van der Waals surface area contributed by atoms with Crippen LogP contribution in [0.4, 0.5) is 15.8 Å². The van der Waals surface area contributed by atoms with Gasteiger partial charge >= 0.3 is 0 Å². The molecule has 0 fully saturated rings. The second kappa shape index (κ2) is 4.45. The molecule has 0 unspecified atom stereocenters. The third-order valence-electron chi connectivity index (χ3n) is 1.59. The highest BCUT2D eigenvalue weighted by Crippen LogP contribution is 2.19. The van der Waals surface area contributed by atoms with Gasteiger partial charge in [-0.15, -0.1) is 0 Å². The summed E-state index contributed by atoms with van der Waals surface area (Å²) in [6.07, 6.45) is 0. The maximum atomic E-state index is 12.7. The van der Waals surface area contributed by atoms with Gasteiger partial charge in [-0.05, 0) is 18.2 Å². The van der Waals surface area contributed by atoms with Crippen molar-refractivity contribution in [3.8, 4) is 0 Å². The number of nitrogens with one attached hydrogen (secondary N) is 2. The molecule has 0 heterocycles. The Morgan fingerprint density at radius 1 is 1.47 bits per heavy atom. The summed E-state index contributed by atoms with van der Waals surface area (Å²) in [4.78, 5) is 0. The van der Waals surface area contributed by atoms with E-state index in [1.807, 2.05) is 0 Å². The molecule has 0 bridgehead atoms. The number of nitrogen functional groups attached to an aromatic ring is 1. The van der Waals surface area contributed by atoms with Crippen molar-refractivity contribution < 1.29 is 12.8 Å². The molecule has 1 aromatic carbocycles. The molecule has 0 aliphatic rings. The first-order chi connectivity index (χ1) is 6.94. The van der Waals surface area contributed by atoms with Gasteiger partial charge in [0.05, 0.1) is 11.4 Å². The van der Waals surface area contributed by atoms with Crippen LogP contribution < -0.4 is 15.2 Å². The fraction of sp³-hybridized carbons (Fsp3) is 0.250. The lowest BCUT2D eigenvalue weighted by Gasteiger charge is -2.09. The van der Waals surface area contributed by atoms with Gasteiger partial charge in [0.15, 0.2) is 0 Å². The molecule has 0 atom stereocenters. The van der Waals surface area contributed by atoms with Crippen molar-refractivity contribution in [3.63, 3.8) is 0 Å². The highest BCUT2D eigenvalue weighted by Gasteiger charge is 2.10. The minimum absolute atomic E-state index is 0.0384. The van der Waals surface area contributed by atoms with E-state index in [0.29, 0.717) is 0 Å². The summed E-state index contributed by atoms with van der Waals surface area (Å²) in [7, 11) is -3.62. The van der Waals surface area contributed by atoms with Crippen LogP contribution in [0.2, 0.25) is 0 Å². The number of rotatable bonds is 4. The molecule has 7 heteroatoms. The average Bonchev–Trinajstić information content (AvgIpc) is 2.09. The number of anilines is 2. The third kappa shape index (κ3) is 3.37. The van der Waals surface area contributed by atoms with E-state index in [2.05, 4.69) is 9.44 Å². The lowest BCUT2D eigenvalue weighted by Crippen LogP contribution is -2.30. The SMILES string of the molecule is CCNS(=O)(=O)Nc1ccc(F)cc1N. The molecule has 1 aromatic rings. The van der Waals surface area contributed by atoms with E-state index in [4.69, 9.17) is 5.73 Å². The monoisotopic (exact) mass is 233 g/mol. The molecule has 0 spiro atoms. The number of halogens is 1. The highest BCUT2D eigenvalue weighted by atomic mass is 32.2. The van der Waals surface area contributed by atoms with Crippen molar-refractivity contribution >= 4 is 21.6 Å². The van der Waals surface area contributed by atoms with E-state index < -0.39 is 16.0 Å². The maximum Gasteiger partial charge on any atom is 0.299 e. The molecular weight excluding hydrogens is 221 g/mol. The van der Waals surface area contributed by atoms with Crippen LogP contribution in [0, 0.1) is 5.82 Å². The van der Waals surface area contributed by atoms with Gasteiger partial charge < -0.3 is 5.73 Å². The summed E-state index contributed by atoms with van der Waals surface area (Å²) in [5, 5.41) is 0. The van der Waals surface area contributed by atoms with Crippen molar-refractivity contribution in [2.24, 2.45) is 0 Å². The fourth-order valence-electron chi connectivity index (χ4n) is 0.997. The van der Waals surface area contributed by atoms with Crippen molar-refractivity contribution in [1.29, 1.82) is 0 Å². The highest BCUT2D eigenvalue weighted by molar-refractivity contribution is 7.90. The van der Waals surface area contributed by atoms with Gasteiger partial charge in [-0.25, -0.2) is 4.39 Å². The van der Waals surface area contributed by atoms with E-state index in [1.54, 1.807) is 6.92 Å². The Bertz CT molecular complexity index is 447. The van der Waals surface area contributed by atoms with Gasteiger partial charge in [0, 0.05) is 6.54 Å². The van der Waals surface area contributed by atoms with Gasteiger partial charge in [-0.3, -0.25) is 4.72 Å². The standard InChI is InChI=1S/C8H12FN3O2S/c1-2-11-15(13,14)12-8-4-3-6(9)5-7(8)10/h3-5,11-12H,2,10H2,1H3. The molecule has 0 saturated heterocycles. The largest absolute Gasteiger partial charge is 0.397 e. The zero-order valence-electron chi connectivity index (χ0n) is 8.12. The predicted octanol–water partition coefficient (Wildman–Crippen LogP) is 0.674. The quantitative estimate of drug-likeness (QED) is 0.668. The Hall–Kier alpha value is -1.34. The molecule has 1 rings (SSSR count). The molecule has 84 valence electrons. The Morgan fingerprint density at radius 3 is 2.67 bits per heavy atom. The Morgan fingerprint density at radius 2 is 2.13 bits per heavy atom. The molecule has 0 aliphatic carbocycles. The van der Waals surface area contributed by atoms with E-state index in [-0.39, 0.29) is 17.9 Å². The second-order valence-corrected chi connectivity index (χ2v) is 4.33. The molecular formula is C8H12FN3O2S. The number of benzene rings is 1. The van der Waals surface area contributed by atoms with Crippen LogP contribution in [0.3, 0.4) is 0 Å². The van der Waals surface area contributed by atoms with Crippen LogP contribution in [-0.2, 0) is 10.2 Å². The molecule has 0 aromatic heterocycles. The van der Waals surface area contributed by atoms with Crippen molar-refractivity contribution in [2.75, 3.05) is 17.0 Å². The average molecular weight is 233 g/mol. The number of hydrogen-bond donors (Lipinski definition) is 3. The van der Waals surface area contributed by atoms with Crippen molar-refractivity contribution in [1.82, 2.24) is 4.72 Å². The summed E-state index contributed by atoms with van der Waals surface area (Å²) in [6.45, 7) is 1.91. The zero-order valence-corrected chi connectivity index (χ0v) is 8.94. The first-order valence-electron chi connectivity index (χ1n) is 4.27. The predicted molar refractivity (Wildman–Crippen MR) is 57.0 cm³/mol. The number of hydrogen-bond acceptors (Lipinski definition) is 3. The molecule has 5 nitrogen and oxygen atoms in total. The van der Waals surface area contributed by atoms with Gasteiger partial charge in [-0.2, -0.15) is 13.1 Å². The molecule has 15 heavy (non-hydrogen) atoms. The van der Waals surface area contributed by atoms with Crippen LogP contribution >= 0.6 is 0 Å². The van der Waals surface area contributed by atoms with E-state index >= 15 is 0 Å². The summed E-state index contributed by atoms with van der Waals surface area (Å²) in [5.74, 6) is -0.515. The van der Waals surface area contributed by atoms with Crippen molar-refractivity contribution in [2.45, 2.75) is 6.92 Å². The summed E-state index contributed by atoms with van der Waals surface area (Å²) < 4.78 is 39.6. The van der Waals surface area contributed by atoms with Crippen LogP contribution in [0.1, 0.15) is 6.92 Å². The number of nitrogens with two attached hydrogens (primary N) is 1. The Balaban J connectivity index is 2.90. The topological polar surface area (TPSA) is 84.2 Å². The maximum absolute atomic E-state index is 12.7. The normalized spacial score (nSPS) is 11.3. The van der Waals surface area contributed by atoms with E-state index in [0.717, 1.165) is 12.1 Å². The molecule has 4 N–H and O–H groups in total. The zero-order chi connectivity index (χ0) is 11.5. The van der Waals surface area contributed by atoms with Crippen LogP contribution in [0.25, 0.3) is 0 Å². The van der Waals surface area contributed by atoms with E-state index in [9.17, 15) is 12.8 Å². The lowest BCUT2D eigenvalue weighted by atomic mass is 10.3. The summed E-state index contributed by atoms with van der Waals surface area (Å²) in [6, 6.07) is 3.43. The molecule has 0 amide bonds. The van der Waals surface area contributed by atoms with Crippen LogP contribution in [0.5, 0.6) is 0 Å². The van der Waals surface area contributed by atoms with Crippen LogP contribution in [-0.4, -0.2) is 15.0 Å². The minimum Gasteiger partial charge on any atom is -0.397 e.